The van der Waals surface area contributed by atoms with Gasteiger partial charge in [-0.15, -0.1) is 0 Å². The molecule has 0 radical (unpaired) electrons. The Balaban J connectivity index is 2.64. The maximum absolute atomic E-state index is 11.2. The minimum absolute atomic E-state index is 0.574. The summed E-state index contributed by atoms with van der Waals surface area (Å²) < 4.78 is 0. The molecule has 1 aliphatic carbocycles. The van der Waals surface area contributed by atoms with Gasteiger partial charge in [-0.25, -0.2) is 0 Å². The van der Waals surface area contributed by atoms with E-state index in [4.69, 9.17) is 11.6 Å². The quantitative estimate of drug-likeness (QED) is 0.774. The summed E-state index contributed by atoms with van der Waals surface area (Å²) in [7, 11) is 0. The van der Waals surface area contributed by atoms with E-state index in [1.807, 2.05) is 12.1 Å². The number of rotatable bonds is 1. The molecular formula is C11H11ClO2. The summed E-state index contributed by atoms with van der Waals surface area (Å²) in [5.41, 5.74) is 1.07. The van der Waals surface area contributed by atoms with Crippen LogP contribution in [-0.2, 0) is 16.6 Å². The molecule has 0 aromatic heterocycles. The van der Waals surface area contributed by atoms with Crippen LogP contribution >= 0.6 is 11.6 Å². The predicted octanol–water partition coefficient (Wildman–Crippen LogP) is 2.63. The van der Waals surface area contributed by atoms with Crippen molar-refractivity contribution in [3.8, 4) is 0 Å². The van der Waals surface area contributed by atoms with Crippen LogP contribution in [0.5, 0.6) is 0 Å². The molecule has 1 aromatic carbocycles. The largest absolute Gasteiger partial charge is 0.481 e. The number of hydrogen-bond donors (Lipinski definition) is 1. The number of aryl methyl sites for hydroxylation is 1. The number of halogens is 1. The van der Waals surface area contributed by atoms with Gasteiger partial charge in [-0.1, -0.05) is 23.7 Å². The molecule has 74 valence electrons. The van der Waals surface area contributed by atoms with Crippen molar-refractivity contribution in [3.05, 3.63) is 34.3 Å². The zero-order valence-corrected chi connectivity index (χ0v) is 8.64. The summed E-state index contributed by atoms with van der Waals surface area (Å²) in [5.74, 6) is -0.788. The molecule has 0 spiro atoms. The molecule has 1 aliphatic rings. The zero-order valence-electron chi connectivity index (χ0n) is 7.88. The van der Waals surface area contributed by atoms with Crippen molar-refractivity contribution in [1.82, 2.24) is 0 Å². The zero-order chi connectivity index (χ0) is 10.3. The third-order valence-electron chi connectivity index (χ3n) is 3.02. The lowest BCUT2D eigenvalue weighted by atomic mass is 9.84. The van der Waals surface area contributed by atoms with Crippen LogP contribution in [0.3, 0.4) is 0 Å². The van der Waals surface area contributed by atoms with Crippen LogP contribution in [0.25, 0.3) is 0 Å². The summed E-state index contributed by atoms with van der Waals surface area (Å²) in [6.45, 7) is 1.74. The smallest absolute Gasteiger partial charge is 0.313 e. The summed E-state index contributed by atoms with van der Waals surface area (Å²) in [5, 5.41) is 9.76. The van der Waals surface area contributed by atoms with Crippen molar-refractivity contribution < 1.29 is 9.90 Å². The van der Waals surface area contributed by atoms with Crippen LogP contribution in [0.1, 0.15) is 24.5 Å². The summed E-state index contributed by atoms with van der Waals surface area (Å²) in [4.78, 5) is 11.2. The maximum atomic E-state index is 11.2. The number of carboxylic acids is 1. The highest BCUT2D eigenvalue weighted by atomic mass is 35.5. The molecule has 0 saturated heterocycles. The number of carboxylic acid groups (broad SMARTS) is 1. The van der Waals surface area contributed by atoms with Crippen molar-refractivity contribution in [3.63, 3.8) is 0 Å². The Kier molecular flexibility index (Phi) is 2.04. The predicted molar refractivity (Wildman–Crippen MR) is 54.8 cm³/mol. The molecule has 1 atom stereocenters. The number of carbonyl (C=O) groups is 1. The average Bonchev–Trinajstić information content (AvgIpc) is 2.47. The lowest BCUT2D eigenvalue weighted by molar-refractivity contribution is -0.143. The first-order valence-corrected chi connectivity index (χ1v) is 4.95. The number of aliphatic carboxylic acids is 1. The molecule has 0 heterocycles. The van der Waals surface area contributed by atoms with Gasteiger partial charge in [-0.05, 0) is 37.0 Å². The summed E-state index contributed by atoms with van der Waals surface area (Å²) >= 11 is 6.03. The van der Waals surface area contributed by atoms with Gasteiger partial charge in [0.15, 0.2) is 0 Å². The monoisotopic (exact) mass is 210 g/mol. The van der Waals surface area contributed by atoms with Gasteiger partial charge in [0.05, 0.1) is 5.41 Å². The van der Waals surface area contributed by atoms with Crippen molar-refractivity contribution >= 4 is 17.6 Å². The first-order chi connectivity index (χ1) is 6.55. The van der Waals surface area contributed by atoms with E-state index in [1.165, 1.54) is 0 Å². The Morgan fingerprint density at radius 2 is 2.29 bits per heavy atom. The third kappa shape index (κ3) is 1.14. The van der Waals surface area contributed by atoms with E-state index in [0.717, 1.165) is 17.5 Å². The van der Waals surface area contributed by atoms with E-state index in [1.54, 1.807) is 13.0 Å². The molecule has 0 bridgehead atoms. The Hall–Kier alpha value is -1.02. The molecule has 3 heteroatoms. The highest BCUT2D eigenvalue weighted by molar-refractivity contribution is 6.32. The highest BCUT2D eigenvalue weighted by Crippen LogP contribution is 2.42. The number of benzene rings is 1. The summed E-state index contributed by atoms with van der Waals surface area (Å²) in [6, 6.07) is 5.58. The van der Waals surface area contributed by atoms with Crippen LogP contribution < -0.4 is 0 Å². The molecule has 0 aliphatic heterocycles. The van der Waals surface area contributed by atoms with E-state index >= 15 is 0 Å². The second-order valence-electron chi connectivity index (χ2n) is 3.91. The molecule has 2 nitrogen and oxygen atoms in total. The molecule has 0 amide bonds. The van der Waals surface area contributed by atoms with E-state index in [2.05, 4.69) is 0 Å². The van der Waals surface area contributed by atoms with Gasteiger partial charge < -0.3 is 5.11 Å². The van der Waals surface area contributed by atoms with Crippen LogP contribution in [0.15, 0.2) is 18.2 Å². The molecule has 2 rings (SSSR count). The third-order valence-corrected chi connectivity index (χ3v) is 3.33. The standard InChI is InChI=1S/C11H11ClO2/c1-11(10(13)14)6-5-7-3-2-4-8(12)9(7)11/h2-4H,5-6H2,1H3,(H,13,14). The van der Waals surface area contributed by atoms with E-state index < -0.39 is 11.4 Å². The molecule has 1 aromatic rings. The van der Waals surface area contributed by atoms with Gasteiger partial charge in [-0.3, -0.25) is 4.79 Å². The molecule has 1 N–H and O–H groups in total. The first-order valence-electron chi connectivity index (χ1n) is 4.57. The Morgan fingerprint density at radius 3 is 2.93 bits per heavy atom. The lowest BCUT2D eigenvalue weighted by Crippen LogP contribution is -2.29. The van der Waals surface area contributed by atoms with Crippen LogP contribution in [-0.4, -0.2) is 11.1 Å². The van der Waals surface area contributed by atoms with Crippen LogP contribution in [0.2, 0.25) is 5.02 Å². The lowest BCUT2D eigenvalue weighted by Gasteiger charge is -2.20. The van der Waals surface area contributed by atoms with Crippen molar-refractivity contribution in [2.45, 2.75) is 25.2 Å². The van der Waals surface area contributed by atoms with Gasteiger partial charge in [0.25, 0.3) is 0 Å². The topological polar surface area (TPSA) is 37.3 Å². The molecule has 14 heavy (non-hydrogen) atoms. The fraction of sp³-hybridized carbons (Fsp3) is 0.364. The van der Waals surface area contributed by atoms with Gasteiger partial charge in [0.2, 0.25) is 0 Å². The SMILES string of the molecule is CC1(C(=O)O)CCc2cccc(Cl)c21. The van der Waals surface area contributed by atoms with Gasteiger partial charge in [0, 0.05) is 5.02 Å². The van der Waals surface area contributed by atoms with E-state index in [0.29, 0.717) is 11.4 Å². The normalized spacial score (nSPS) is 24.7. The van der Waals surface area contributed by atoms with Crippen LogP contribution in [0.4, 0.5) is 0 Å². The van der Waals surface area contributed by atoms with Gasteiger partial charge in [0.1, 0.15) is 0 Å². The van der Waals surface area contributed by atoms with Gasteiger partial charge in [-0.2, -0.15) is 0 Å². The van der Waals surface area contributed by atoms with Crippen LogP contribution in [0, 0.1) is 0 Å². The van der Waals surface area contributed by atoms with Crippen molar-refractivity contribution in [2.24, 2.45) is 0 Å². The number of fused-ring (bicyclic) bond motifs is 1. The Morgan fingerprint density at radius 1 is 1.57 bits per heavy atom. The summed E-state index contributed by atoms with van der Waals surface area (Å²) in [6.07, 6.45) is 1.44. The molecular weight excluding hydrogens is 200 g/mol. The van der Waals surface area contributed by atoms with E-state index in [9.17, 15) is 9.90 Å². The fourth-order valence-corrected chi connectivity index (χ4v) is 2.52. The molecule has 1 unspecified atom stereocenters. The number of hydrogen-bond acceptors (Lipinski definition) is 1. The fourth-order valence-electron chi connectivity index (χ4n) is 2.12. The second kappa shape index (κ2) is 2.99. The van der Waals surface area contributed by atoms with Gasteiger partial charge >= 0.3 is 5.97 Å². The highest BCUT2D eigenvalue weighted by Gasteiger charge is 2.42. The first kappa shape index (κ1) is 9.53. The van der Waals surface area contributed by atoms with E-state index in [-0.39, 0.29) is 0 Å². The maximum Gasteiger partial charge on any atom is 0.313 e. The molecule has 0 fully saturated rings. The van der Waals surface area contributed by atoms with Crippen molar-refractivity contribution in [1.29, 1.82) is 0 Å². The average molecular weight is 211 g/mol. The minimum atomic E-state index is -0.798. The Labute approximate surface area is 87.5 Å². The Bertz CT molecular complexity index is 400. The molecule has 0 saturated carbocycles. The van der Waals surface area contributed by atoms with Crippen molar-refractivity contribution in [2.75, 3.05) is 0 Å². The second-order valence-corrected chi connectivity index (χ2v) is 4.32. The minimum Gasteiger partial charge on any atom is -0.481 e.